The number of phenols is 1. The van der Waals surface area contributed by atoms with Crippen molar-refractivity contribution in [1.82, 2.24) is 4.72 Å². The highest BCUT2D eigenvalue weighted by Crippen LogP contribution is 2.32. The van der Waals surface area contributed by atoms with E-state index in [-0.39, 0.29) is 41.2 Å². The number of nitrogens with two attached hydrogens (primary N) is 1. The van der Waals surface area contributed by atoms with Gasteiger partial charge in [-0.25, -0.2) is 4.79 Å². The predicted molar refractivity (Wildman–Crippen MR) is 129 cm³/mol. The molecule has 5 N–H and O–H groups in total. The fourth-order valence-electron chi connectivity index (χ4n) is 3.52. The molecule has 4 rings (SSSR count). The number of carbonyl (C=O) groups is 1. The second-order valence-corrected chi connectivity index (χ2v) is 8.75. The summed E-state index contributed by atoms with van der Waals surface area (Å²) in [6.07, 6.45) is 0. The van der Waals surface area contributed by atoms with Crippen LogP contribution in [0.3, 0.4) is 0 Å². The van der Waals surface area contributed by atoms with Gasteiger partial charge >= 0.3 is 15.9 Å². The zero-order valence-electron chi connectivity index (χ0n) is 18.1. The number of benzene rings is 3. The number of ketones is 1. The molecule has 4 aromatic rings. The molecule has 1 heterocycles. The molecule has 10 nitrogen and oxygen atoms in total. The minimum atomic E-state index is -4.31. The molecule has 0 aliphatic rings. The molecule has 0 aliphatic heterocycles. The summed E-state index contributed by atoms with van der Waals surface area (Å²) in [5, 5.41) is 10.2. The van der Waals surface area contributed by atoms with Crippen LogP contribution in [-0.2, 0) is 10.3 Å². The second-order valence-electron chi connectivity index (χ2n) is 7.51. The van der Waals surface area contributed by atoms with E-state index in [2.05, 4.69) is 0 Å². The SMILES string of the molecule is Nc1ccc(-c2c(C(=O)c3ccc(OCCNS(=O)(=O)O)cc3)c3ccc(O)cc3oc2=O)cc1. The maximum atomic E-state index is 13.6. The van der Waals surface area contributed by atoms with E-state index in [0.29, 0.717) is 22.4 Å². The van der Waals surface area contributed by atoms with Gasteiger partial charge in [-0.15, -0.1) is 0 Å². The Labute approximate surface area is 199 Å². The maximum absolute atomic E-state index is 13.6. The molecule has 0 unspecified atom stereocenters. The molecule has 0 aliphatic carbocycles. The summed E-state index contributed by atoms with van der Waals surface area (Å²) in [7, 11) is -4.31. The lowest BCUT2D eigenvalue weighted by Crippen LogP contribution is -2.27. The van der Waals surface area contributed by atoms with Crippen molar-refractivity contribution in [2.24, 2.45) is 0 Å². The monoisotopic (exact) mass is 496 g/mol. The van der Waals surface area contributed by atoms with Crippen molar-refractivity contribution in [2.75, 3.05) is 18.9 Å². The molecule has 3 aromatic carbocycles. The van der Waals surface area contributed by atoms with Crippen molar-refractivity contribution in [2.45, 2.75) is 0 Å². The summed E-state index contributed by atoms with van der Waals surface area (Å²) in [5.74, 6) is -0.218. The largest absolute Gasteiger partial charge is 0.508 e. The summed E-state index contributed by atoms with van der Waals surface area (Å²) in [6.45, 7) is -0.203. The zero-order valence-corrected chi connectivity index (χ0v) is 18.9. The van der Waals surface area contributed by atoms with Crippen molar-refractivity contribution in [3.8, 4) is 22.6 Å². The molecule has 0 amide bonds. The van der Waals surface area contributed by atoms with Gasteiger partial charge < -0.3 is 20.0 Å². The number of ether oxygens (including phenoxy) is 1. The Bertz CT molecular complexity index is 1560. The first-order valence-electron chi connectivity index (χ1n) is 10.3. The van der Waals surface area contributed by atoms with Crippen LogP contribution in [0.1, 0.15) is 15.9 Å². The second kappa shape index (κ2) is 9.58. The van der Waals surface area contributed by atoms with E-state index in [1.165, 1.54) is 42.5 Å². The molecule has 35 heavy (non-hydrogen) atoms. The maximum Gasteiger partial charge on any atom is 0.344 e. The topological polar surface area (TPSA) is 169 Å². The van der Waals surface area contributed by atoms with Crippen LogP contribution >= 0.6 is 0 Å². The fraction of sp³-hybridized carbons (Fsp3) is 0.0833. The normalized spacial score (nSPS) is 11.5. The number of anilines is 1. The first-order valence-corrected chi connectivity index (χ1v) is 11.7. The van der Waals surface area contributed by atoms with Gasteiger partial charge in [-0.05, 0) is 54.1 Å². The minimum Gasteiger partial charge on any atom is -0.508 e. The Morgan fingerprint density at radius 3 is 2.37 bits per heavy atom. The van der Waals surface area contributed by atoms with Crippen molar-refractivity contribution >= 4 is 32.7 Å². The minimum absolute atomic E-state index is 0.0533. The van der Waals surface area contributed by atoms with Crippen LogP contribution < -0.4 is 20.8 Å². The lowest BCUT2D eigenvalue weighted by molar-refractivity contribution is 0.104. The third kappa shape index (κ3) is 5.49. The number of nitrogens with one attached hydrogen (secondary N) is 1. The Balaban J connectivity index is 1.73. The van der Waals surface area contributed by atoms with Gasteiger partial charge in [-0.2, -0.15) is 13.1 Å². The molecule has 11 heteroatoms. The molecule has 0 saturated heterocycles. The number of fused-ring (bicyclic) bond motifs is 1. The van der Waals surface area contributed by atoms with Crippen LogP contribution in [0.2, 0.25) is 0 Å². The number of phenolic OH excluding ortho intramolecular Hbond substituents is 1. The van der Waals surface area contributed by atoms with Gasteiger partial charge in [-0.1, -0.05) is 12.1 Å². The van der Waals surface area contributed by atoms with Crippen LogP contribution in [0.5, 0.6) is 11.5 Å². The number of rotatable bonds is 8. The summed E-state index contributed by atoms with van der Waals surface area (Å²) < 4.78 is 42.7. The highest BCUT2D eigenvalue weighted by atomic mass is 32.2. The Hall–Kier alpha value is -4.19. The van der Waals surface area contributed by atoms with E-state index in [9.17, 15) is 23.1 Å². The van der Waals surface area contributed by atoms with Gasteiger partial charge in [0, 0.05) is 34.8 Å². The molecule has 0 bridgehead atoms. The standard InChI is InChI=1S/C24H20N2O8S/c25-16-5-1-14(2-6-16)21-22(19-10-7-17(27)13-20(19)34-24(21)29)23(28)15-3-8-18(9-4-15)33-12-11-26-35(30,31)32/h1-10,13,26-27H,11-12,25H2,(H,30,31,32). The van der Waals surface area contributed by atoms with Gasteiger partial charge in [-0.3, -0.25) is 9.35 Å². The van der Waals surface area contributed by atoms with Crippen LogP contribution in [-0.4, -0.2) is 37.0 Å². The fourth-order valence-corrected chi connectivity index (χ4v) is 3.87. The number of aromatic hydroxyl groups is 1. The van der Waals surface area contributed by atoms with Crippen LogP contribution in [0.25, 0.3) is 22.1 Å². The quantitative estimate of drug-likeness (QED) is 0.0942. The smallest absolute Gasteiger partial charge is 0.344 e. The van der Waals surface area contributed by atoms with Crippen molar-refractivity contribution < 1.29 is 32.0 Å². The average Bonchev–Trinajstić information content (AvgIpc) is 2.81. The molecule has 0 spiro atoms. The average molecular weight is 496 g/mol. The number of hydrogen-bond donors (Lipinski definition) is 4. The molecule has 180 valence electrons. The van der Waals surface area contributed by atoms with Gasteiger partial charge in [0.1, 0.15) is 23.7 Å². The molecule has 0 fully saturated rings. The zero-order chi connectivity index (χ0) is 25.2. The van der Waals surface area contributed by atoms with Crippen molar-refractivity contribution in [3.63, 3.8) is 0 Å². The Kier molecular flexibility index (Phi) is 6.56. The van der Waals surface area contributed by atoms with Crippen molar-refractivity contribution in [3.05, 3.63) is 88.3 Å². The first kappa shape index (κ1) is 24.0. The van der Waals surface area contributed by atoms with E-state index in [0.717, 1.165) is 0 Å². The van der Waals surface area contributed by atoms with Gasteiger partial charge in [0.05, 0.1) is 5.56 Å². The van der Waals surface area contributed by atoms with Gasteiger partial charge in [0.2, 0.25) is 0 Å². The lowest BCUT2D eigenvalue weighted by atomic mass is 9.92. The summed E-state index contributed by atoms with van der Waals surface area (Å²) in [4.78, 5) is 26.6. The molecule has 1 aromatic heterocycles. The van der Waals surface area contributed by atoms with Crippen LogP contribution in [0.15, 0.2) is 75.9 Å². The third-order valence-electron chi connectivity index (χ3n) is 5.09. The van der Waals surface area contributed by atoms with Crippen LogP contribution in [0.4, 0.5) is 5.69 Å². The van der Waals surface area contributed by atoms with E-state index >= 15 is 0 Å². The lowest BCUT2D eigenvalue weighted by Gasteiger charge is -2.12. The summed E-state index contributed by atoms with van der Waals surface area (Å²) in [6, 6.07) is 16.6. The van der Waals surface area contributed by atoms with Crippen LogP contribution in [0, 0.1) is 0 Å². The highest BCUT2D eigenvalue weighted by molar-refractivity contribution is 7.83. The number of carbonyl (C=O) groups excluding carboxylic acids is 1. The predicted octanol–water partition coefficient (Wildman–Crippen LogP) is 2.75. The molecule has 0 atom stereocenters. The van der Waals surface area contributed by atoms with E-state index in [1.807, 2.05) is 4.72 Å². The summed E-state index contributed by atoms with van der Waals surface area (Å²) in [5.41, 5.74) is 6.42. The van der Waals surface area contributed by atoms with E-state index in [1.54, 1.807) is 24.3 Å². The van der Waals surface area contributed by atoms with E-state index in [4.69, 9.17) is 19.4 Å². The number of hydrogen-bond acceptors (Lipinski definition) is 8. The Morgan fingerprint density at radius 2 is 1.71 bits per heavy atom. The molecular weight excluding hydrogens is 476 g/mol. The Morgan fingerprint density at radius 1 is 1.03 bits per heavy atom. The highest BCUT2D eigenvalue weighted by Gasteiger charge is 2.23. The molecule has 0 radical (unpaired) electrons. The number of nitrogen functional groups attached to an aromatic ring is 1. The first-order chi connectivity index (χ1) is 16.6. The third-order valence-corrected chi connectivity index (χ3v) is 5.66. The molecular formula is C24H20N2O8S. The molecule has 0 saturated carbocycles. The van der Waals surface area contributed by atoms with Gasteiger partial charge in [0.15, 0.2) is 5.78 Å². The van der Waals surface area contributed by atoms with Gasteiger partial charge in [0.25, 0.3) is 0 Å². The van der Waals surface area contributed by atoms with E-state index < -0.39 is 21.7 Å². The van der Waals surface area contributed by atoms with Crippen molar-refractivity contribution in [1.29, 1.82) is 0 Å². The summed E-state index contributed by atoms with van der Waals surface area (Å²) >= 11 is 0.